The highest BCUT2D eigenvalue weighted by Crippen LogP contribution is 2.30. The van der Waals surface area contributed by atoms with Gasteiger partial charge in [0, 0.05) is 17.1 Å². The number of benzene rings is 2. The van der Waals surface area contributed by atoms with Crippen LogP contribution >= 0.6 is 23.1 Å². The Morgan fingerprint density at radius 1 is 1.10 bits per heavy atom. The first kappa shape index (κ1) is 21.1. The lowest BCUT2D eigenvalue weighted by atomic mass is 10.1. The number of nitrogens with zero attached hydrogens (tertiary/aromatic N) is 2. The molecule has 1 amide bonds. The van der Waals surface area contributed by atoms with Crippen LogP contribution in [0.2, 0.25) is 0 Å². The van der Waals surface area contributed by atoms with Gasteiger partial charge in [-0.2, -0.15) is 0 Å². The molecule has 0 aliphatic carbocycles. The van der Waals surface area contributed by atoms with E-state index >= 15 is 0 Å². The van der Waals surface area contributed by atoms with E-state index in [9.17, 15) is 4.79 Å². The Kier molecular flexibility index (Phi) is 7.01. The van der Waals surface area contributed by atoms with Crippen LogP contribution in [0.25, 0.3) is 11.5 Å². The number of aromatic nitrogens is 2. The first-order chi connectivity index (χ1) is 15.2. The molecular weight excluding hydrogens is 430 g/mol. The second kappa shape index (κ2) is 10.3. The van der Waals surface area contributed by atoms with Crippen molar-refractivity contribution in [3.63, 3.8) is 0 Å². The monoisotopic (exact) mass is 451 g/mol. The highest BCUT2D eigenvalue weighted by atomic mass is 32.2. The van der Waals surface area contributed by atoms with Crippen molar-refractivity contribution in [3.05, 3.63) is 82.6 Å². The molecular formula is C23H21N3O3S2. The lowest BCUT2D eigenvalue weighted by molar-refractivity contribution is -0.121. The Bertz CT molecular complexity index is 1110. The Morgan fingerprint density at radius 3 is 2.68 bits per heavy atom. The highest BCUT2D eigenvalue weighted by Gasteiger charge is 2.18. The van der Waals surface area contributed by atoms with Gasteiger partial charge in [0.1, 0.15) is 5.75 Å². The van der Waals surface area contributed by atoms with Gasteiger partial charge >= 0.3 is 0 Å². The lowest BCUT2D eigenvalue weighted by Crippen LogP contribution is -2.29. The van der Waals surface area contributed by atoms with Crippen LogP contribution < -0.4 is 10.1 Å². The number of para-hydroxylation sites is 1. The molecule has 31 heavy (non-hydrogen) atoms. The van der Waals surface area contributed by atoms with Crippen molar-refractivity contribution < 1.29 is 13.9 Å². The van der Waals surface area contributed by atoms with E-state index in [1.165, 1.54) is 11.8 Å². The van der Waals surface area contributed by atoms with Crippen molar-refractivity contribution in [1.29, 1.82) is 0 Å². The molecule has 4 rings (SSSR count). The van der Waals surface area contributed by atoms with Gasteiger partial charge < -0.3 is 14.5 Å². The van der Waals surface area contributed by atoms with Gasteiger partial charge in [-0.15, -0.1) is 21.5 Å². The fourth-order valence-electron chi connectivity index (χ4n) is 3.08. The van der Waals surface area contributed by atoms with Gasteiger partial charge in [0.15, 0.2) is 0 Å². The maximum absolute atomic E-state index is 12.6. The predicted molar refractivity (Wildman–Crippen MR) is 122 cm³/mol. The molecule has 158 valence electrons. The van der Waals surface area contributed by atoms with E-state index in [1.54, 1.807) is 18.4 Å². The van der Waals surface area contributed by atoms with Crippen LogP contribution in [-0.2, 0) is 4.79 Å². The summed E-state index contributed by atoms with van der Waals surface area (Å²) in [4.78, 5) is 13.7. The summed E-state index contributed by atoms with van der Waals surface area (Å²) >= 11 is 2.99. The number of carbonyl (C=O) groups excluding carboxylic acids is 1. The van der Waals surface area contributed by atoms with Crippen molar-refractivity contribution in [1.82, 2.24) is 15.5 Å². The second-order valence-corrected chi connectivity index (χ2v) is 8.62. The predicted octanol–water partition coefficient (Wildman–Crippen LogP) is 5.19. The van der Waals surface area contributed by atoms with Gasteiger partial charge in [0.25, 0.3) is 11.1 Å². The number of ether oxygens (including phenoxy) is 1. The maximum Gasteiger partial charge on any atom is 0.276 e. The number of thioether (sulfide) groups is 1. The number of carbonyl (C=O) groups is 1. The average molecular weight is 452 g/mol. The number of methoxy groups -OCH3 is 1. The molecule has 0 saturated carbocycles. The maximum atomic E-state index is 12.6. The zero-order chi connectivity index (χ0) is 21.5. The minimum Gasteiger partial charge on any atom is -0.496 e. The van der Waals surface area contributed by atoms with Crippen LogP contribution in [0, 0.1) is 0 Å². The molecule has 0 spiro atoms. The van der Waals surface area contributed by atoms with Crippen LogP contribution in [0.4, 0.5) is 0 Å². The Morgan fingerprint density at radius 2 is 1.90 bits per heavy atom. The number of hydrogen-bond donors (Lipinski definition) is 1. The Hall–Kier alpha value is -3.10. The fraction of sp³-hybridized carbons (Fsp3) is 0.174. The number of hydrogen-bond acceptors (Lipinski definition) is 7. The van der Waals surface area contributed by atoms with E-state index in [0.717, 1.165) is 16.0 Å². The molecule has 1 unspecified atom stereocenters. The van der Waals surface area contributed by atoms with Gasteiger partial charge in [-0.3, -0.25) is 4.79 Å². The summed E-state index contributed by atoms with van der Waals surface area (Å²) < 4.78 is 11.1. The molecule has 2 heterocycles. The smallest absolute Gasteiger partial charge is 0.276 e. The summed E-state index contributed by atoms with van der Waals surface area (Å²) in [5.41, 5.74) is 1.80. The number of thiophene rings is 1. The topological polar surface area (TPSA) is 77.2 Å². The van der Waals surface area contributed by atoms with Crippen molar-refractivity contribution in [3.8, 4) is 17.2 Å². The van der Waals surface area contributed by atoms with Crippen molar-refractivity contribution in [2.45, 2.75) is 17.7 Å². The van der Waals surface area contributed by atoms with Crippen LogP contribution in [0.15, 0.2) is 81.8 Å². The Labute approximate surface area is 188 Å². The zero-order valence-electron chi connectivity index (χ0n) is 16.9. The van der Waals surface area contributed by atoms with Crippen LogP contribution in [0.3, 0.4) is 0 Å². The molecule has 2 aromatic carbocycles. The van der Waals surface area contributed by atoms with Gasteiger partial charge in [-0.25, -0.2) is 0 Å². The molecule has 0 fully saturated rings. The third-order valence-corrected chi connectivity index (χ3v) is 6.32. The van der Waals surface area contributed by atoms with E-state index in [2.05, 4.69) is 15.5 Å². The van der Waals surface area contributed by atoms with Gasteiger partial charge in [-0.05, 0) is 29.1 Å². The van der Waals surface area contributed by atoms with Crippen molar-refractivity contribution in [2.24, 2.45) is 0 Å². The molecule has 4 aromatic rings. The van der Waals surface area contributed by atoms with Gasteiger partial charge in [0.2, 0.25) is 5.91 Å². The summed E-state index contributed by atoms with van der Waals surface area (Å²) in [6.45, 7) is 0. The normalized spacial score (nSPS) is 11.8. The number of amides is 1. The largest absolute Gasteiger partial charge is 0.496 e. The van der Waals surface area contributed by atoms with Crippen LogP contribution in [-0.4, -0.2) is 29.0 Å². The average Bonchev–Trinajstić information content (AvgIpc) is 3.51. The molecule has 0 radical (unpaired) electrons. The first-order valence-electron chi connectivity index (χ1n) is 9.72. The summed E-state index contributed by atoms with van der Waals surface area (Å²) in [6, 6.07) is 21.3. The molecule has 1 N–H and O–H groups in total. The van der Waals surface area contributed by atoms with Crippen molar-refractivity contribution in [2.75, 3.05) is 12.9 Å². The summed E-state index contributed by atoms with van der Waals surface area (Å²) in [5.74, 6) is 1.57. The van der Waals surface area contributed by atoms with Crippen LogP contribution in [0.5, 0.6) is 5.75 Å². The quantitative estimate of drug-likeness (QED) is 0.353. The van der Waals surface area contributed by atoms with E-state index in [4.69, 9.17) is 9.15 Å². The minimum absolute atomic E-state index is 0.0285. The summed E-state index contributed by atoms with van der Waals surface area (Å²) in [7, 11) is 1.60. The van der Waals surface area contributed by atoms with E-state index in [-0.39, 0.29) is 11.9 Å². The van der Waals surface area contributed by atoms with E-state index in [1.807, 2.05) is 72.1 Å². The van der Waals surface area contributed by atoms with Crippen molar-refractivity contribution >= 4 is 29.0 Å². The first-order valence-corrected chi connectivity index (χ1v) is 11.6. The molecule has 0 aliphatic heterocycles. The molecule has 0 saturated heterocycles. The molecule has 2 aromatic heterocycles. The fourth-order valence-corrected chi connectivity index (χ4v) is 4.58. The van der Waals surface area contributed by atoms with Gasteiger partial charge in [-0.1, -0.05) is 60.3 Å². The molecule has 8 heteroatoms. The highest BCUT2D eigenvalue weighted by molar-refractivity contribution is 7.99. The van der Waals surface area contributed by atoms with E-state index < -0.39 is 0 Å². The molecule has 1 atom stereocenters. The van der Waals surface area contributed by atoms with Gasteiger partial charge in [0.05, 0.1) is 18.7 Å². The number of nitrogens with one attached hydrogen (secondary N) is 1. The SMILES string of the molecule is COc1ccccc1-c1nnc(SCCC(=O)NC(c2ccccc2)c2cccs2)o1. The molecule has 0 bridgehead atoms. The summed E-state index contributed by atoms with van der Waals surface area (Å²) in [6.07, 6.45) is 0.339. The standard InChI is InChI=1S/C23H21N3O3S2/c1-28-18-11-6-5-10-17(18)22-25-26-23(29-22)31-15-13-20(27)24-21(19-12-7-14-30-19)16-8-3-2-4-9-16/h2-12,14,21H,13,15H2,1H3,(H,24,27). The Balaban J connectivity index is 1.34. The zero-order valence-corrected chi connectivity index (χ0v) is 18.5. The molecule has 6 nitrogen and oxygen atoms in total. The summed E-state index contributed by atoms with van der Waals surface area (Å²) in [5, 5.41) is 13.8. The minimum atomic E-state index is -0.153. The van der Waals surface area contributed by atoms with Crippen LogP contribution in [0.1, 0.15) is 22.9 Å². The second-order valence-electron chi connectivity index (χ2n) is 6.60. The number of rotatable bonds is 9. The third-order valence-electron chi connectivity index (χ3n) is 4.56. The molecule has 0 aliphatic rings. The van der Waals surface area contributed by atoms with E-state index in [0.29, 0.717) is 29.0 Å². The lowest BCUT2D eigenvalue weighted by Gasteiger charge is -2.18. The third kappa shape index (κ3) is 5.34.